The SMILES string of the molecule is Fc1ccccc1NCc1ccc(SC(F)(F)F)cc1. The number of anilines is 1. The number of para-hydroxylation sites is 1. The van der Waals surface area contributed by atoms with Crippen molar-refractivity contribution in [2.45, 2.75) is 16.9 Å². The lowest BCUT2D eigenvalue weighted by atomic mass is 10.2. The van der Waals surface area contributed by atoms with E-state index in [4.69, 9.17) is 0 Å². The first kappa shape index (κ1) is 14.7. The maximum Gasteiger partial charge on any atom is 0.446 e. The van der Waals surface area contributed by atoms with Crippen molar-refractivity contribution in [2.24, 2.45) is 0 Å². The molecule has 2 aromatic rings. The van der Waals surface area contributed by atoms with E-state index in [-0.39, 0.29) is 22.5 Å². The summed E-state index contributed by atoms with van der Waals surface area (Å²) < 4.78 is 49.8. The van der Waals surface area contributed by atoms with E-state index in [1.807, 2.05) is 0 Å². The van der Waals surface area contributed by atoms with Gasteiger partial charge in [-0.3, -0.25) is 0 Å². The van der Waals surface area contributed by atoms with Gasteiger partial charge in [-0.25, -0.2) is 4.39 Å². The van der Waals surface area contributed by atoms with Crippen LogP contribution in [0.1, 0.15) is 5.56 Å². The van der Waals surface area contributed by atoms with E-state index in [0.29, 0.717) is 12.2 Å². The van der Waals surface area contributed by atoms with E-state index in [0.717, 1.165) is 5.56 Å². The normalized spacial score (nSPS) is 11.4. The molecular weight excluding hydrogens is 290 g/mol. The van der Waals surface area contributed by atoms with Gasteiger partial charge in [0.15, 0.2) is 0 Å². The Morgan fingerprint density at radius 2 is 1.60 bits per heavy atom. The molecule has 2 rings (SSSR count). The molecule has 0 bridgehead atoms. The second-order valence-corrected chi connectivity index (χ2v) is 5.16. The fourth-order valence-corrected chi connectivity index (χ4v) is 2.15. The molecule has 0 aliphatic carbocycles. The van der Waals surface area contributed by atoms with Gasteiger partial charge in [0, 0.05) is 11.4 Å². The van der Waals surface area contributed by atoms with Gasteiger partial charge in [-0.15, -0.1) is 0 Å². The molecule has 0 saturated carbocycles. The standard InChI is InChI=1S/C14H11F4NS/c15-12-3-1-2-4-13(12)19-9-10-5-7-11(8-6-10)20-14(16,17)18/h1-8,19H,9H2. The van der Waals surface area contributed by atoms with Crippen molar-refractivity contribution < 1.29 is 17.6 Å². The minimum Gasteiger partial charge on any atom is -0.379 e. The van der Waals surface area contributed by atoms with E-state index in [2.05, 4.69) is 5.32 Å². The Kier molecular flexibility index (Phi) is 4.54. The highest BCUT2D eigenvalue weighted by Gasteiger charge is 2.28. The zero-order valence-electron chi connectivity index (χ0n) is 10.2. The van der Waals surface area contributed by atoms with Crippen molar-refractivity contribution in [1.29, 1.82) is 0 Å². The molecule has 6 heteroatoms. The molecular formula is C14H11F4NS. The van der Waals surface area contributed by atoms with E-state index in [1.165, 1.54) is 18.2 Å². The lowest BCUT2D eigenvalue weighted by Crippen LogP contribution is -2.02. The molecule has 0 radical (unpaired) electrons. The van der Waals surface area contributed by atoms with E-state index in [1.54, 1.807) is 30.3 Å². The van der Waals surface area contributed by atoms with Crippen LogP contribution in [-0.2, 0) is 6.54 Å². The van der Waals surface area contributed by atoms with Gasteiger partial charge in [0.1, 0.15) is 5.82 Å². The van der Waals surface area contributed by atoms with Crippen LogP contribution >= 0.6 is 11.8 Å². The molecule has 0 unspecified atom stereocenters. The zero-order valence-corrected chi connectivity index (χ0v) is 11.1. The molecule has 0 spiro atoms. The number of alkyl halides is 3. The second-order valence-electron chi connectivity index (χ2n) is 4.03. The van der Waals surface area contributed by atoms with Crippen LogP contribution in [0.5, 0.6) is 0 Å². The molecule has 0 aromatic heterocycles. The Morgan fingerprint density at radius 1 is 0.950 bits per heavy atom. The summed E-state index contributed by atoms with van der Waals surface area (Å²) in [6, 6.07) is 12.2. The molecule has 0 aliphatic heterocycles. The molecule has 1 N–H and O–H groups in total. The van der Waals surface area contributed by atoms with Gasteiger partial charge >= 0.3 is 5.51 Å². The summed E-state index contributed by atoms with van der Waals surface area (Å²) in [4.78, 5) is 0.132. The summed E-state index contributed by atoms with van der Waals surface area (Å²) in [5.41, 5.74) is -3.14. The van der Waals surface area contributed by atoms with Gasteiger partial charge in [-0.2, -0.15) is 13.2 Å². The topological polar surface area (TPSA) is 12.0 Å². The number of hydrogen-bond acceptors (Lipinski definition) is 2. The second kappa shape index (κ2) is 6.17. The summed E-state index contributed by atoms with van der Waals surface area (Å²) in [5, 5.41) is 2.89. The molecule has 1 nitrogen and oxygen atoms in total. The van der Waals surface area contributed by atoms with Crippen LogP contribution in [-0.4, -0.2) is 5.51 Å². The lowest BCUT2D eigenvalue weighted by molar-refractivity contribution is -0.0328. The van der Waals surface area contributed by atoms with Crippen LogP contribution in [0.2, 0.25) is 0 Å². The smallest absolute Gasteiger partial charge is 0.379 e. The Bertz CT molecular complexity index is 566. The van der Waals surface area contributed by atoms with Crippen LogP contribution in [0.25, 0.3) is 0 Å². The fourth-order valence-electron chi connectivity index (χ4n) is 1.61. The van der Waals surface area contributed by atoms with Crippen molar-refractivity contribution in [3.63, 3.8) is 0 Å². The molecule has 106 valence electrons. The Morgan fingerprint density at radius 3 is 2.20 bits per heavy atom. The van der Waals surface area contributed by atoms with E-state index in [9.17, 15) is 17.6 Å². The number of benzene rings is 2. The first-order valence-electron chi connectivity index (χ1n) is 5.77. The molecule has 0 aliphatic rings. The van der Waals surface area contributed by atoms with Gasteiger partial charge in [0.2, 0.25) is 0 Å². The van der Waals surface area contributed by atoms with Gasteiger partial charge in [-0.1, -0.05) is 24.3 Å². The quantitative estimate of drug-likeness (QED) is 0.626. The van der Waals surface area contributed by atoms with Gasteiger partial charge in [0.25, 0.3) is 0 Å². The van der Waals surface area contributed by atoms with Gasteiger partial charge < -0.3 is 5.32 Å². The number of rotatable bonds is 4. The number of halogens is 4. The maximum absolute atomic E-state index is 13.4. The molecule has 2 aromatic carbocycles. The van der Waals surface area contributed by atoms with Gasteiger partial charge in [-0.05, 0) is 41.6 Å². The molecule has 0 amide bonds. The highest BCUT2D eigenvalue weighted by atomic mass is 32.2. The van der Waals surface area contributed by atoms with Crippen molar-refractivity contribution >= 4 is 17.4 Å². The zero-order chi connectivity index (χ0) is 14.6. The highest BCUT2D eigenvalue weighted by molar-refractivity contribution is 8.00. The number of thioether (sulfide) groups is 1. The first-order valence-corrected chi connectivity index (χ1v) is 6.59. The third-order valence-corrected chi connectivity index (χ3v) is 3.25. The van der Waals surface area contributed by atoms with Gasteiger partial charge in [0.05, 0.1) is 5.69 Å². The predicted octanol–water partition coefficient (Wildman–Crippen LogP) is 5.05. The monoisotopic (exact) mass is 301 g/mol. The lowest BCUT2D eigenvalue weighted by Gasteiger charge is -2.09. The number of nitrogens with one attached hydrogen (secondary N) is 1. The highest BCUT2D eigenvalue weighted by Crippen LogP contribution is 2.36. The van der Waals surface area contributed by atoms with Crippen LogP contribution in [0, 0.1) is 5.82 Å². The molecule has 0 fully saturated rings. The minimum absolute atomic E-state index is 0.132. The Balaban J connectivity index is 1.96. The summed E-state index contributed by atoms with van der Waals surface area (Å²) in [6.45, 7) is 0.345. The average molecular weight is 301 g/mol. The largest absolute Gasteiger partial charge is 0.446 e. The molecule has 0 heterocycles. The minimum atomic E-state index is -4.28. The molecule has 0 atom stereocenters. The number of hydrogen-bond donors (Lipinski definition) is 1. The van der Waals surface area contributed by atoms with Crippen molar-refractivity contribution in [3.05, 3.63) is 59.9 Å². The average Bonchev–Trinajstić information content (AvgIpc) is 2.38. The maximum atomic E-state index is 13.4. The Hall–Kier alpha value is -1.69. The Labute approximate surface area is 118 Å². The summed E-state index contributed by atoms with van der Waals surface area (Å²) in [6.07, 6.45) is 0. The van der Waals surface area contributed by atoms with Crippen LogP contribution in [0.4, 0.5) is 23.2 Å². The van der Waals surface area contributed by atoms with E-state index < -0.39 is 5.51 Å². The predicted molar refractivity (Wildman–Crippen MR) is 72.1 cm³/mol. The van der Waals surface area contributed by atoms with Crippen LogP contribution < -0.4 is 5.32 Å². The first-order chi connectivity index (χ1) is 9.44. The van der Waals surface area contributed by atoms with Crippen molar-refractivity contribution in [1.82, 2.24) is 0 Å². The summed E-state index contributed by atoms with van der Waals surface area (Å²) in [7, 11) is 0. The third-order valence-electron chi connectivity index (χ3n) is 2.51. The molecule has 0 saturated heterocycles. The van der Waals surface area contributed by atoms with Crippen LogP contribution in [0.15, 0.2) is 53.4 Å². The summed E-state index contributed by atoms with van der Waals surface area (Å²) >= 11 is -0.154. The third kappa shape index (κ3) is 4.45. The molecule has 20 heavy (non-hydrogen) atoms. The van der Waals surface area contributed by atoms with E-state index >= 15 is 0 Å². The van der Waals surface area contributed by atoms with Crippen molar-refractivity contribution in [3.8, 4) is 0 Å². The summed E-state index contributed by atoms with van der Waals surface area (Å²) in [5.74, 6) is -0.364. The van der Waals surface area contributed by atoms with Crippen LogP contribution in [0.3, 0.4) is 0 Å². The fraction of sp³-hybridized carbons (Fsp3) is 0.143. The van der Waals surface area contributed by atoms with Crippen molar-refractivity contribution in [2.75, 3.05) is 5.32 Å².